The maximum Gasteiger partial charge on any atom is 0.339 e. The summed E-state index contributed by atoms with van der Waals surface area (Å²) in [4.78, 5) is 24.2. The minimum absolute atomic E-state index is 0.120. The summed E-state index contributed by atoms with van der Waals surface area (Å²) in [5.74, 6) is -0.772. The number of methoxy groups -OCH3 is 1. The lowest BCUT2D eigenvalue weighted by atomic mass is 9.89. The Morgan fingerprint density at radius 3 is 2.86 bits per heavy atom. The molecule has 2 aromatic rings. The van der Waals surface area contributed by atoms with Crippen molar-refractivity contribution < 1.29 is 14.3 Å². The van der Waals surface area contributed by atoms with Gasteiger partial charge in [0.05, 0.1) is 29.7 Å². The van der Waals surface area contributed by atoms with Gasteiger partial charge in [0, 0.05) is 12.3 Å². The van der Waals surface area contributed by atoms with Crippen LogP contribution in [0.15, 0.2) is 24.3 Å². The third-order valence-electron chi connectivity index (χ3n) is 3.83. The Hall–Kier alpha value is -2.70. The van der Waals surface area contributed by atoms with E-state index >= 15 is 0 Å². The molecule has 0 saturated carbocycles. The van der Waals surface area contributed by atoms with E-state index in [0.717, 1.165) is 17.8 Å². The van der Waals surface area contributed by atoms with E-state index in [0.29, 0.717) is 24.1 Å². The second-order valence-corrected chi connectivity index (χ2v) is 5.18. The monoisotopic (exact) mass is 300 g/mol. The highest BCUT2D eigenvalue weighted by atomic mass is 16.5. The molecule has 0 radical (unpaired) electrons. The fourth-order valence-electron chi connectivity index (χ4n) is 2.62. The molecule has 0 aliphatic heterocycles. The van der Waals surface area contributed by atoms with E-state index in [4.69, 9.17) is 4.74 Å². The number of nitrogens with one attached hydrogen (secondary N) is 2. The van der Waals surface area contributed by atoms with Crippen LogP contribution in [-0.4, -0.2) is 34.4 Å². The van der Waals surface area contributed by atoms with Crippen LogP contribution in [0.25, 0.3) is 0 Å². The lowest BCUT2D eigenvalue weighted by molar-refractivity contribution is -0.120. The van der Waals surface area contributed by atoms with Gasteiger partial charge in [-0.05, 0) is 25.0 Å². The molecule has 0 bridgehead atoms. The second-order valence-electron chi connectivity index (χ2n) is 5.18. The predicted molar refractivity (Wildman–Crippen MR) is 78.3 cm³/mol. The van der Waals surface area contributed by atoms with Gasteiger partial charge in [-0.2, -0.15) is 15.4 Å². The van der Waals surface area contributed by atoms with Crippen molar-refractivity contribution in [2.24, 2.45) is 5.92 Å². The standard InChI is InChI=1S/C15H16N4O3/c1-22-15(21)10-4-2-3-5-11(10)16-14(20)9-6-7-12-13(8-9)18-19-17-12/h2-5,9H,6-8H2,1H3,(H,16,20)(H,17,18,19). The molecule has 22 heavy (non-hydrogen) atoms. The number of rotatable bonds is 3. The van der Waals surface area contributed by atoms with Crippen molar-refractivity contribution in [3.63, 3.8) is 0 Å². The number of anilines is 1. The van der Waals surface area contributed by atoms with Crippen LogP contribution < -0.4 is 5.32 Å². The summed E-state index contributed by atoms with van der Waals surface area (Å²) in [6, 6.07) is 6.80. The van der Waals surface area contributed by atoms with Crippen LogP contribution in [0.4, 0.5) is 5.69 Å². The molecule has 0 spiro atoms. The fourth-order valence-corrected chi connectivity index (χ4v) is 2.62. The van der Waals surface area contributed by atoms with E-state index in [1.165, 1.54) is 7.11 Å². The van der Waals surface area contributed by atoms with Gasteiger partial charge in [0.25, 0.3) is 0 Å². The van der Waals surface area contributed by atoms with Crippen LogP contribution in [-0.2, 0) is 22.4 Å². The van der Waals surface area contributed by atoms with Crippen molar-refractivity contribution in [1.29, 1.82) is 0 Å². The van der Waals surface area contributed by atoms with Gasteiger partial charge >= 0.3 is 5.97 Å². The van der Waals surface area contributed by atoms with E-state index in [2.05, 4.69) is 20.7 Å². The van der Waals surface area contributed by atoms with Gasteiger partial charge in [0.2, 0.25) is 5.91 Å². The predicted octanol–water partition coefficient (Wildman–Crippen LogP) is 1.33. The number of aromatic nitrogens is 3. The van der Waals surface area contributed by atoms with Crippen molar-refractivity contribution in [3.8, 4) is 0 Å². The Kier molecular flexibility index (Phi) is 3.86. The maximum atomic E-state index is 12.4. The first-order chi connectivity index (χ1) is 10.7. The largest absolute Gasteiger partial charge is 0.465 e. The van der Waals surface area contributed by atoms with Crippen molar-refractivity contribution in [2.75, 3.05) is 12.4 Å². The van der Waals surface area contributed by atoms with Gasteiger partial charge in [-0.15, -0.1) is 0 Å². The van der Waals surface area contributed by atoms with Gasteiger partial charge in [0.15, 0.2) is 0 Å². The molecule has 1 aromatic carbocycles. The van der Waals surface area contributed by atoms with Crippen molar-refractivity contribution in [3.05, 3.63) is 41.2 Å². The molecule has 1 aliphatic rings. The summed E-state index contributed by atoms with van der Waals surface area (Å²) in [6.07, 6.45) is 1.99. The fraction of sp³-hybridized carbons (Fsp3) is 0.333. The number of ether oxygens (including phenoxy) is 1. The highest BCUT2D eigenvalue weighted by Crippen LogP contribution is 2.24. The average molecular weight is 300 g/mol. The van der Waals surface area contributed by atoms with E-state index in [9.17, 15) is 9.59 Å². The number of H-pyrrole nitrogens is 1. The number of amides is 1. The number of carbonyl (C=O) groups is 2. The Morgan fingerprint density at radius 2 is 2.05 bits per heavy atom. The number of nitrogens with zero attached hydrogens (tertiary/aromatic N) is 2. The highest BCUT2D eigenvalue weighted by molar-refractivity contribution is 6.01. The molecule has 7 nitrogen and oxygen atoms in total. The SMILES string of the molecule is COC(=O)c1ccccc1NC(=O)C1CCc2n[nH]nc2C1. The number of aromatic amines is 1. The molecule has 0 saturated heterocycles. The Bertz CT molecular complexity index is 710. The minimum atomic E-state index is -0.474. The zero-order valence-electron chi connectivity index (χ0n) is 12.1. The Morgan fingerprint density at radius 1 is 1.27 bits per heavy atom. The first-order valence-electron chi connectivity index (χ1n) is 7.05. The summed E-state index contributed by atoms with van der Waals surface area (Å²) in [5, 5.41) is 13.5. The molecule has 7 heteroatoms. The quantitative estimate of drug-likeness (QED) is 0.834. The molecule has 3 rings (SSSR count). The Labute approximate surface area is 127 Å². The van der Waals surface area contributed by atoms with E-state index in [-0.39, 0.29) is 11.8 Å². The van der Waals surface area contributed by atoms with Crippen LogP contribution in [0.5, 0.6) is 0 Å². The van der Waals surface area contributed by atoms with Crippen LogP contribution in [0.1, 0.15) is 28.2 Å². The summed E-state index contributed by atoms with van der Waals surface area (Å²) in [6.45, 7) is 0. The van der Waals surface area contributed by atoms with Crippen molar-refractivity contribution >= 4 is 17.6 Å². The Balaban J connectivity index is 1.74. The molecule has 0 fully saturated rings. The number of esters is 1. The third kappa shape index (κ3) is 2.69. The number of aryl methyl sites for hydroxylation is 1. The van der Waals surface area contributed by atoms with Crippen LogP contribution in [0.2, 0.25) is 0 Å². The molecule has 1 atom stereocenters. The zero-order valence-corrected chi connectivity index (χ0v) is 12.1. The van der Waals surface area contributed by atoms with Gasteiger partial charge in [-0.1, -0.05) is 12.1 Å². The lowest BCUT2D eigenvalue weighted by Crippen LogP contribution is -2.29. The summed E-state index contributed by atoms with van der Waals surface area (Å²) < 4.78 is 4.73. The summed E-state index contributed by atoms with van der Waals surface area (Å²) in [7, 11) is 1.31. The van der Waals surface area contributed by atoms with Crippen LogP contribution >= 0.6 is 0 Å². The second kappa shape index (κ2) is 5.97. The molecular weight excluding hydrogens is 284 g/mol. The molecule has 1 heterocycles. The summed E-state index contributed by atoms with van der Waals surface area (Å²) >= 11 is 0. The van der Waals surface area contributed by atoms with Crippen LogP contribution in [0.3, 0.4) is 0 Å². The topological polar surface area (TPSA) is 97.0 Å². The first kappa shape index (κ1) is 14.2. The molecule has 114 valence electrons. The molecule has 2 N–H and O–H groups in total. The maximum absolute atomic E-state index is 12.4. The average Bonchev–Trinajstić information content (AvgIpc) is 3.02. The van der Waals surface area contributed by atoms with E-state index < -0.39 is 5.97 Å². The molecular formula is C15H16N4O3. The molecule has 1 aliphatic carbocycles. The van der Waals surface area contributed by atoms with Gasteiger partial charge < -0.3 is 10.1 Å². The number of benzene rings is 1. The van der Waals surface area contributed by atoms with Gasteiger partial charge in [-0.3, -0.25) is 4.79 Å². The highest BCUT2D eigenvalue weighted by Gasteiger charge is 2.28. The number of hydrogen-bond donors (Lipinski definition) is 2. The molecule has 1 amide bonds. The van der Waals surface area contributed by atoms with Crippen molar-refractivity contribution in [2.45, 2.75) is 19.3 Å². The number of fused-ring (bicyclic) bond motifs is 1. The molecule has 1 unspecified atom stereocenters. The smallest absolute Gasteiger partial charge is 0.339 e. The molecule has 1 aromatic heterocycles. The van der Waals surface area contributed by atoms with E-state index in [1.54, 1.807) is 24.3 Å². The lowest BCUT2D eigenvalue weighted by Gasteiger charge is -2.20. The van der Waals surface area contributed by atoms with Crippen LogP contribution in [0, 0.1) is 5.92 Å². The summed E-state index contributed by atoms with van der Waals surface area (Å²) in [5.41, 5.74) is 2.58. The number of para-hydroxylation sites is 1. The normalized spacial score (nSPS) is 16.7. The number of hydrogen-bond acceptors (Lipinski definition) is 5. The zero-order chi connectivity index (χ0) is 15.5. The van der Waals surface area contributed by atoms with Gasteiger partial charge in [0.1, 0.15) is 0 Å². The number of carbonyl (C=O) groups excluding carboxylic acids is 2. The third-order valence-corrected chi connectivity index (χ3v) is 3.83. The first-order valence-corrected chi connectivity index (χ1v) is 7.05. The van der Waals surface area contributed by atoms with Gasteiger partial charge in [-0.25, -0.2) is 4.79 Å². The van der Waals surface area contributed by atoms with Crippen molar-refractivity contribution in [1.82, 2.24) is 15.4 Å². The van der Waals surface area contributed by atoms with E-state index in [1.807, 2.05) is 0 Å². The minimum Gasteiger partial charge on any atom is -0.465 e.